The minimum absolute atomic E-state index is 0.112. The van der Waals surface area contributed by atoms with Crippen LogP contribution >= 0.6 is 0 Å². The van der Waals surface area contributed by atoms with Gasteiger partial charge in [0, 0.05) is 0 Å². The van der Waals surface area contributed by atoms with Crippen molar-refractivity contribution in [1.82, 2.24) is 10.7 Å². The van der Waals surface area contributed by atoms with Crippen LogP contribution in [-0.4, -0.2) is 35.6 Å². The van der Waals surface area contributed by atoms with Gasteiger partial charge in [0.2, 0.25) is 0 Å². The Kier molecular flexibility index (Phi) is 7.58. The van der Waals surface area contributed by atoms with Gasteiger partial charge in [0.1, 0.15) is 16.7 Å². The predicted octanol–water partition coefficient (Wildman–Crippen LogP) is 2.74. The minimum atomic E-state index is -0.835. The zero-order chi connectivity index (χ0) is 23.1. The quantitative estimate of drug-likeness (QED) is 0.348. The van der Waals surface area contributed by atoms with E-state index >= 15 is 0 Å². The number of nitrogens with one attached hydrogen (secondary N) is 2. The van der Waals surface area contributed by atoms with Crippen LogP contribution in [0.3, 0.4) is 0 Å². The molecule has 10 heteroatoms. The van der Waals surface area contributed by atoms with Crippen LogP contribution in [0, 0.1) is 16.0 Å². The van der Waals surface area contributed by atoms with E-state index in [9.17, 15) is 19.7 Å². The Morgan fingerprint density at radius 2 is 1.97 bits per heavy atom. The Morgan fingerprint density at radius 1 is 1.22 bits per heavy atom. The van der Waals surface area contributed by atoms with Crippen LogP contribution in [0.5, 0.6) is 5.75 Å². The van der Waals surface area contributed by atoms with Gasteiger partial charge in [-0.3, -0.25) is 19.7 Å². The van der Waals surface area contributed by atoms with Crippen molar-refractivity contribution < 1.29 is 23.7 Å². The summed E-state index contributed by atoms with van der Waals surface area (Å²) in [5.41, 5.74) is 4.90. The summed E-state index contributed by atoms with van der Waals surface area (Å²) in [4.78, 5) is 34.7. The number of carbonyl (C=O) groups is 2. The molecule has 1 aromatic carbocycles. The second kappa shape index (κ2) is 10.6. The fraction of sp³-hybridized carbons (Fsp3) is 0.409. The first kappa shape index (κ1) is 23.0. The van der Waals surface area contributed by atoms with Gasteiger partial charge in [-0.25, -0.2) is 5.43 Å². The number of carbonyl (C=O) groups excluding carboxylic acids is 2. The number of fused-ring (bicyclic) bond motifs is 1. The molecule has 1 aromatic heterocycles. The maximum atomic E-state index is 12.4. The molecule has 0 saturated carbocycles. The molecular weight excluding hydrogens is 416 g/mol. The molecule has 0 saturated heterocycles. The van der Waals surface area contributed by atoms with Crippen LogP contribution in [-0.2, 0) is 22.4 Å². The Hall–Kier alpha value is -3.69. The van der Waals surface area contributed by atoms with Crippen molar-refractivity contribution >= 4 is 23.9 Å². The molecular formula is C22H26N4O6. The molecule has 170 valence electrons. The first-order valence-corrected chi connectivity index (χ1v) is 10.4. The largest absolute Gasteiger partial charge is 0.484 e. The SMILES string of the molecule is CC(C)[C@@H](NC(=O)COc1ccc2c(c1)CCCC2)C(=O)N/N=C\c1ccc([N+](=O)[O-])o1. The maximum absolute atomic E-state index is 12.4. The second-order valence-corrected chi connectivity index (χ2v) is 7.88. The molecule has 1 aliphatic rings. The van der Waals surface area contributed by atoms with Crippen molar-refractivity contribution in [3.63, 3.8) is 0 Å². The zero-order valence-corrected chi connectivity index (χ0v) is 18.0. The lowest BCUT2D eigenvalue weighted by Crippen LogP contribution is -2.49. The lowest BCUT2D eigenvalue weighted by atomic mass is 9.92. The summed E-state index contributed by atoms with van der Waals surface area (Å²) in [5, 5.41) is 17.0. The van der Waals surface area contributed by atoms with Crippen molar-refractivity contribution in [2.24, 2.45) is 11.0 Å². The smallest absolute Gasteiger partial charge is 0.433 e. The van der Waals surface area contributed by atoms with E-state index in [-0.39, 0.29) is 18.3 Å². The Labute approximate surface area is 185 Å². The number of hydrogen-bond acceptors (Lipinski definition) is 7. The number of aryl methyl sites for hydroxylation is 2. The van der Waals surface area contributed by atoms with E-state index in [1.54, 1.807) is 13.8 Å². The molecule has 2 aromatic rings. The highest BCUT2D eigenvalue weighted by Gasteiger charge is 2.24. The van der Waals surface area contributed by atoms with Crippen molar-refractivity contribution in [1.29, 1.82) is 0 Å². The van der Waals surface area contributed by atoms with Crippen LogP contribution in [0.1, 0.15) is 43.6 Å². The van der Waals surface area contributed by atoms with E-state index in [1.807, 2.05) is 18.2 Å². The van der Waals surface area contributed by atoms with Crippen molar-refractivity contribution in [2.75, 3.05) is 6.61 Å². The van der Waals surface area contributed by atoms with Gasteiger partial charge in [0.05, 0.1) is 12.3 Å². The molecule has 0 fully saturated rings. The molecule has 10 nitrogen and oxygen atoms in total. The summed E-state index contributed by atoms with van der Waals surface area (Å²) >= 11 is 0. The van der Waals surface area contributed by atoms with Crippen LogP contribution < -0.4 is 15.5 Å². The number of hydrogen-bond donors (Lipinski definition) is 2. The Bertz CT molecular complexity index is 1010. The lowest BCUT2D eigenvalue weighted by molar-refractivity contribution is -0.402. The van der Waals surface area contributed by atoms with Crippen LogP contribution in [0.4, 0.5) is 5.88 Å². The molecule has 0 aliphatic heterocycles. The molecule has 3 rings (SSSR count). The fourth-order valence-corrected chi connectivity index (χ4v) is 3.44. The second-order valence-electron chi connectivity index (χ2n) is 7.88. The molecule has 2 amide bonds. The average molecular weight is 442 g/mol. The summed E-state index contributed by atoms with van der Waals surface area (Å²) in [7, 11) is 0. The number of nitro groups is 1. The van der Waals surface area contributed by atoms with Crippen molar-refractivity contribution in [3.8, 4) is 5.75 Å². The number of benzene rings is 1. The van der Waals surface area contributed by atoms with E-state index in [0.29, 0.717) is 5.75 Å². The highest BCUT2D eigenvalue weighted by Crippen LogP contribution is 2.25. The van der Waals surface area contributed by atoms with Crippen molar-refractivity contribution in [3.05, 3.63) is 57.3 Å². The predicted molar refractivity (Wildman–Crippen MR) is 116 cm³/mol. The van der Waals surface area contributed by atoms with Gasteiger partial charge in [0.15, 0.2) is 12.4 Å². The molecule has 2 N–H and O–H groups in total. The summed E-state index contributed by atoms with van der Waals surface area (Å²) in [6.07, 6.45) is 5.57. The standard InChI is InChI=1S/C22H26N4O6/c1-14(2)21(22(28)25-23-12-18-9-10-20(32-18)26(29)30)24-19(27)13-31-17-8-7-15-5-3-4-6-16(15)11-17/h7-12,14,21H,3-6,13H2,1-2H3,(H,24,27)(H,25,28)/b23-12-/t21-/m1/s1. The number of hydrazone groups is 1. The molecule has 1 atom stereocenters. The van der Waals surface area contributed by atoms with Crippen molar-refractivity contribution in [2.45, 2.75) is 45.6 Å². The summed E-state index contributed by atoms with van der Waals surface area (Å²) in [6, 6.07) is 7.58. The summed E-state index contributed by atoms with van der Waals surface area (Å²) in [6.45, 7) is 3.36. The Morgan fingerprint density at radius 3 is 2.66 bits per heavy atom. The molecule has 0 bridgehead atoms. The third-order valence-electron chi connectivity index (χ3n) is 5.11. The third-order valence-corrected chi connectivity index (χ3v) is 5.11. The molecule has 1 heterocycles. The zero-order valence-electron chi connectivity index (χ0n) is 18.0. The van der Waals surface area contributed by atoms with E-state index in [1.165, 1.54) is 29.7 Å². The maximum Gasteiger partial charge on any atom is 0.433 e. The van der Waals surface area contributed by atoms with Gasteiger partial charge in [0.25, 0.3) is 11.8 Å². The number of rotatable bonds is 9. The molecule has 0 unspecified atom stereocenters. The van der Waals surface area contributed by atoms with Crippen LogP contribution in [0.2, 0.25) is 0 Å². The van der Waals surface area contributed by atoms with Crippen LogP contribution in [0.15, 0.2) is 39.9 Å². The van der Waals surface area contributed by atoms with Gasteiger partial charge in [-0.05, 0) is 60.9 Å². The first-order chi connectivity index (χ1) is 15.3. The highest BCUT2D eigenvalue weighted by molar-refractivity contribution is 5.89. The molecule has 0 radical (unpaired) electrons. The van der Waals surface area contributed by atoms with E-state index in [4.69, 9.17) is 9.15 Å². The first-order valence-electron chi connectivity index (χ1n) is 10.4. The minimum Gasteiger partial charge on any atom is -0.484 e. The number of furan rings is 1. The number of ether oxygens (including phenoxy) is 1. The van der Waals surface area contributed by atoms with E-state index in [0.717, 1.165) is 25.5 Å². The lowest BCUT2D eigenvalue weighted by Gasteiger charge is -2.21. The fourth-order valence-electron chi connectivity index (χ4n) is 3.44. The van der Waals surface area contributed by atoms with Crippen LogP contribution in [0.25, 0.3) is 0 Å². The highest BCUT2D eigenvalue weighted by atomic mass is 16.6. The molecule has 1 aliphatic carbocycles. The molecule has 32 heavy (non-hydrogen) atoms. The van der Waals surface area contributed by atoms with Gasteiger partial charge in [-0.2, -0.15) is 5.10 Å². The average Bonchev–Trinajstić information content (AvgIpc) is 3.25. The normalized spacial score (nSPS) is 14.1. The van der Waals surface area contributed by atoms with E-state index in [2.05, 4.69) is 15.8 Å². The van der Waals surface area contributed by atoms with E-state index < -0.39 is 28.7 Å². The third kappa shape index (κ3) is 6.16. The van der Waals surface area contributed by atoms with Gasteiger partial charge in [-0.15, -0.1) is 0 Å². The van der Waals surface area contributed by atoms with Gasteiger partial charge < -0.3 is 14.5 Å². The summed E-state index contributed by atoms with van der Waals surface area (Å²) < 4.78 is 10.5. The van der Waals surface area contributed by atoms with Gasteiger partial charge >= 0.3 is 5.88 Å². The monoisotopic (exact) mass is 442 g/mol. The number of amides is 2. The topological polar surface area (TPSA) is 136 Å². The van der Waals surface area contributed by atoms with Gasteiger partial charge in [-0.1, -0.05) is 19.9 Å². The summed E-state index contributed by atoms with van der Waals surface area (Å²) in [5.74, 6) is -0.850. The number of nitrogens with zero attached hydrogens (tertiary/aromatic N) is 2. The molecule has 0 spiro atoms. The Balaban J connectivity index is 1.51.